The van der Waals surface area contributed by atoms with Crippen LogP contribution in [0.15, 0.2) is 28.5 Å². The van der Waals surface area contributed by atoms with Crippen LogP contribution in [0.5, 0.6) is 0 Å². The molecule has 0 spiro atoms. The first-order chi connectivity index (χ1) is 15.4. The first kappa shape index (κ1) is 24.7. The normalized spacial score (nSPS) is 14.3. The lowest BCUT2D eigenvalue weighted by Gasteiger charge is -2.23. The third kappa shape index (κ3) is 5.88. The van der Waals surface area contributed by atoms with E-state index in [4.69, 9.17) is 0 Å². The number of thiazole rings is 1. The van der Waals surface area contributed by atoms with Crippen molar-refractivity contribution in [3.63, 3.8) is 0 Å². The molecule has 1 aromatic heterocycles. The average molecular weight is 479 g/mol. The van der Waals surface area contributed by atoms with E-state index in [1.54, 1.807) is 29.5 Å². The molecule has 0 unspecified atom stereocenters. The molecule has 3 rings (SSSR count). The van der Waals surface area contributed by atoms with Crippen LogP contribution in [0.3, 0.4) is 0 Å². The lowest BCUT2D eigenvalue weighted by Crippen LogP contribution is -2.32. The molecule has 1 aromatic carbocycles. The van der Waals surface area contributed by atoms with Gasteiger partial charge < -0.3 is 10.2 Å². The molecule has 9 heteroatoms. The monoisotopic (exact) mass is 478 g/mol. The van der Waals surface area contributed by atoms with Crippen LogP contribution >= 0.6 is 11.3 Å². The molecule has 0 aliphatic carbocycles. The second-order valence-electron chi connectivity index (χ2n) is 8.06. The van der Waals surface area contributed by atoms with Gasteiger partial charge >= 0.3 is 0 Å². The van der Waals surface area contributed by atoms with Crippen molar-refractivity contribution in [2.24, 2.45) is 0 Å². The number of rotatable bonds is 11. The van der Waals surface area contributed by atoms with Gasteiger partial charge in [-0.1, -0.05) is 13.8 Å². The van der Waals surface area contributed by atoms with Gasteiger partial charge in [-0.15, -0.1) is 11.3 Å². The number of anilines is 1. The van der Waals surface area contributed by atoms with Crippen LogP contribution in [0.1, 0.15) is 60.6 Å². The molecule has 7 nitrogen and oxygen atoms in total. The molecule has 176 valence electrons. The fraction of sp³-hybridized carbons (Fsp3) is 0.565. The zero-order valence-electron chi connectivity index (χ0n) is 19.3. The highest BCUT2D eigenvalue weighted by atomic mass is 32.2. The second-order valence-corrected chi connectivity index (χ2v) is 10.9. The molecule has 32 heavy (non-hydrogen) atoms. The lowest BCUT2D eigenvalue weighted by molar-refractivity contribution is 0.0953. The van der Waals surface area contributed by atoms with Crippen molar-refractivity contribution in [1.29, 1.82) is 0 Å². The number of hydrogen-bond acceptors (Lipinski definition) is 6. The van der Waals surface area contributed by atoms with Gasteiger partial charge in [-0.25, -0.2) is 13.4 Å². The fourth-order valence-corrected chi connectivity index (χ4v) is 6.32. The maximum atomic E-state index is 13.1. The van der Waals surface area contributed by atoms with E-state index in [1.165, 1.54) is 4.31 Å². The van der Waals surface area contributed by atoms with Crippen LogP contribution in [0.2, 0.25) is 0 Å². The Morgan fingerprint density at radius 3 is 2.53 bits per heavy atom. The number of aryl methyl sites for hydroxylation is 2. The summed E-state index contributed by atoms with van der Waals surface area (Å²) in [5.74, 6) is -0.214. The molecule has 1 aliphatic heterocycles. The molecule has 1 fully saturated rings. The summed E-state index contributed by atoms with van der Waals surface area (Å²) in [5, 5.41) is 6.18. The number of carbonyl (C=O) groups is 1. The van der Waals surface area contributed by atoms with Gasteiger partial charge in [0.1, 0.15) is 0 Å². The van der Waals surface area contributed by atoms with Gasteiger partial charge in [0.15, 0.2) is 0 Å². The summed E-state index contributed by atoms with van der Waals surface area (Å²) in [6.07, 6.45) is 4.86. The van der Waals surface area contributed by atoms with Crippen molar-refractivity contribution in [3.05, 3.63) is 39.8 Å². The van der Waals surface area contributed by atoms with Gasteiger partial charge in [-0.05, 0) is 57.2 Å². The minimum absolute atomic E-state index is 0.174. The van der Waals surface area contributed by atoms with E-state index in [-0.39, 0.29) is 10.8 Å². The predicted octanol–water partition coefficient (Wildman–Crippen LogP) is 3.83. The van der Waals surface area contributed by atoms with Crippen molar-refractivity contribution in [1.82, 2.24) is 14.6 Å². The van der Waals surface area contributed by atoms with E-state index in [2.05, 4.69) is 20.6 Å². The molecule has 0 radical (unpaired) electrons. The molecule has 1 N–H and O–H groups in total. The quantitative estimate of drug-likeness (QED) is 0.496. The summed E-state index contributed by atoms with van der Waals surface area (Å²) in [6, 6.07) is 4.98. The van der Waals surface area contributed by atoms with Crippen LogP contribution in [0.4, 0.5) is 5.69 Å². The van der Waals surface area contributed by atoms with Crippen LogP contribution in [0, 0.1) is 6.92 Å². The second kappa shape index (κ2) is 11.2. The number of nitrogens with one attached hydrogen (secondary N) is 1. The standard InChI is InChI=1S/C23H34N4O3S2/c1-4-27(5-2)32(29,30)19-11-12-21(26-14-8-9-15-26)20(16-19)23(28)24-13-7-6-10-22-25-18(3)17-31-22/h11-12,16-17H,4-10,13-15H2,1-3H3,(H,24,28). The predicted molar refractivity (Wildman–Crippen MR) is 130 cm³/mol. The van der Waals surface area contributed by atoms with Crippen LogP contribution in [-0.4, -0.2) is 56.3 Å². The Morgan fingerprint density at radius 2 is 1.91 bits per heavy atom. The molecule has 2 heterocycles. The van der Waals surface area contributed by atoms with Crippen LogP contribution in [-0.2, 0) is 16.4 Å². The van der Waals surface area contributed by atoms with Crippen LogP contribution < -0.4 is 10.2 Å². The number of unbranched alkanes of at least 4 members (excludes halogenated alkanes) is 1. The molecule has 1 amide bonds. The van der Waals surface area contributed by atoms with Crippen molar-refractivity contribution < 1.29 is 13.2 Å². The fourth-order valence-electron chi connectivity index (χ4n) is 4.02. The van der Waals surface area contributed by atoms with E-state index in [9.17, 15) is 13.2 Å². The Labute approximate surface area is 195 Å². The number of sulfonamides is 1. The Balaban J connectivity index is 1.72. The first-order valence-electron chi connectivity index (χ1n) is 11.4. The zero-order chi connectivity index (χ0) is 23.1. The minimum atomic E-state index is -3.63. The molecule has 0 atom stereocenters. The summed E-state index contributed by atoms with van der Waals surface area (Å²) in [5.41, 5.74) is 2.31. The minimum Gasteiger partial charge on any atom is -0.371 e. The van der Waals surface area contributed by atoms with E-state index >= 15 is 0 Å². The Hall–Kier alpha value is -1.97. The van der Waals surface area contributed by atoms with Gasteiger partial charge in [-0.2, -0.15) is 4.31 Å². The van der Waals surface area contributed by atoms with Crippen LogP contribution in [0.25, 0.3) is 0 Å². The third-order valence-corrected chi connectivity index (χ3v) is 8.84. The molecule has 0 bridgehead atoms. The highest BCUT2D eigenvalue weighted by Gasteiger charge is 2.26. The first-order valence-corrected chi connectivity index (χ1v) is 13.8. The summed E-state index contributed by atoms with van der Waals surface area (Å²) in [4.78, 5) is 19.9. The highest BCUT2D eigenvalue weighted by molar-refractivity contribution is 7.89. The maximum absolute atomic E-state index is 13.1. The van der Waals surface area contributed by atoms with E-state index in [0.717, 1.165) is 61.6 Å². The Morgan fingerprint density at radius 1 is 1.19 bits per heavy atom. The van der Waals surface area contributed by atoms with Gasteiger partial charge in [0.05, 0.1) is 15.5 Å². The number of benzene rings is 1. The summed E-state index contributed by atoms with van der Waals surface area (Å²) < 4.78 is 27.4. The maximum Gasteiger partial charge on any atom is 0.253 e. The number of hydrogen-bond donors (Lipinski definition) is 1. The summed E-state index contributed by atoms with van der Waals surface area (Å²) in [7, 11) is -3.63. The van der Waals surface area contributed by atoms with E-state index in [0.29, 0.717) is 25.2 Å². The third-order valence-electron chi connectivity index (χ3n) is 5.77. The van der Waals surface area contributed by atoms with E-state index in [1.807, 2.05) is 20.8 Å². The molecule has 1 saturated heterocycles. The smallest absolute Gasteiger partial charge is 0.253 e. The largest absolute Gasteiger partial charge is 0.371 e. The number of carbonyl (C=O) groups excluding carboxylic acids is 1. The Kier molecular flexibility index (Phi) is 8.67. The molecular formula is C23H34N4O3S2. The lowest BCUT2D eigenvalue weighted by atomic mass is 10.1. The molecule has 0 saturated carbocycles. The van der Waals surface area contributed by atoms with Gasteiger partial charge in [0.25, 0.3) is 5.91 Å². The van der Waals surface area contributed by atoms with Gasteiger partial charge in [0, 0.05) is 49.5 Å². The Bertz CT molecular complexity index is 1010. The average Bonchev–Trinajstić information content (AvgIpc) is 3.45. The molecular weight excluding hydrogens is 444 g/mol. The van der Waals surface area contributed by atoms with Gasteiger partial charge in [0.2, 0.25) is 10.0 Å². The van der Waals surface area contributed by atoms with E-state index < -0.39 is 10.0 Å². The highest BCUT2D eigenvalue weighted by Crippen LogP contribution is 2.28. The molecule has 1 aliphatic rings. The SMILES string of the molecule is CCN(CC)S(=O)(=O)c1ccc(N2CCCC2)c(C(=O)NCCCCc2nc(C)cs2)c1. The number of aromatic nitrogens is 1. The summed E-state index contributed by atoms with van der Waals surface area (Å²) in [6.45, 7) is 8.74. The van der Waals surface area contributed by atoms with Gasteiger partial charge in [-0.3, -0.25) is 4.79 Å². The number of nitrogens with zero attached hydrogens (tertiary/aromatic N) is 3. The molecule has 2 aromatic rings. The number of amides is 1. The van der Waals surface area contributed by atoms with Crippen molar-refractivity contribution in [3.8, 4) is 0 Å². The zero-order valence-corrected chi connectivity index (χ0v) is 20.9. The van der Waals surface area contributed by atoms with Crippen molar-refractivity contribution >= 4 is 33.0 Å². The van der Waals surface area contributed by atoms with Crippen molar-refractivity contribution in [2.75, 3.05) is 37.6 Å². The summed E-state index contributed by atoms with van der Waals surface area (Å²) >= 11 is 1.67. The topological polar surface area (TPSA) is 82.6 Å². The van der Waals surface area contributed by atoms with Crippen molar-refractivity contribution in [2.45, 2.75) is 57.8 Å².